The molecule has 0 bridgehead atoms. The number of rotatable bonds is 3. The van der Waals surface area contributed by atoms with Gasteiger partial charge in [-0.05, 0) is 20.3 Å². The van der Waals surface area contributed by atoms with E-state index in [1.165, 1.54) is 0 Å². The van der Waals surface area contributed by atoms with Crippen LogP contribution in [0.4, 0.5) is 0 Å². The van der Waals surface area contributed by atoms with Crippen LogP contribution in [-0.2, 0) is 11.3 Å². The molecule has 0 spiro atoms. The Hall–Kier alpha value is -0.740. The number of halogens is 2. The highest BCUT2D eigenvalue weighted by molar-refractivity contribution is 6.53. The number of aromatic nitrogens is 1. The summed E-state index contributed by atoms with van der Waals surface area (Å²) in [5.74, 6) is 0.658. The number of amides is 1. The van der Waals surface area contributed by atoms with Crippen molar-refractivity contribution in [1.29, 1.82) is 0 Å². The highest BCUT2D eigenvalue weighted by atomic mass is 35.5. The molecule has 2 rings (SSSR count). The van der Waals surface area contributed by atoms with E-state index in [0.717, 1.165) is 11.5 Å². The Bertz CT molecular complexity index is 458. The molecule has 1 saturated carbocycles. The number of hydrogen-bond donors (Lipinski definition) is 0. The van der Waals surface area contributed by atoms with E-state index in [2.05, 4.69) is 5.16 Å². The van der Waals surface area contributed by atoms with Crippen LogP contribution in [0.2, 0.25) is 0 Å². The first-order valence-electron chi connectivity index (χ1n) is 5.32. The lowest BCUT2D eigenvalue weighted by molar-refractivity contribution is -0.135. The Morgan fingerprint density at radius 3 is 2.65 bits per heavy atom. The summed E-state index contributed by atoms with van der Waals surface area (Å²) >= 11 is 12.0. The van der Waals surface area contributed by atoms with Crippen LogP contribution in [0.15, 0.2) is 10.6 Å². The van der Waals surface area contributed by atoms with Gasteiger partial charge < -0.3 is 9.42 Å². The van der Waals surface area contributed by atoms with Gasteiger partial charge in [0.25, 0.3) is 0 Å². The normalized spacial score (nSPS) is 25.7. The first kappa shape index (κ1) is 12.7. The molecule has 1 fully saturated rings. The smallest absolute Gasteiger partial charge is 0.231 e. The summed E-state index contributed by atoms with van der Waals surface area (Å²) < 4.78 is 4.01. The summed E-state index contributed by atoms with van der Waals surface area (Å²) in [5.41, 5.74) is 0.0428. The highest BCUT2D eigenvalue weighted by Crippen LogP contribution is 2.64. The van der Waals surface area contributed by atoms with Crippen molar-refractivity contribution >= 4 is 29.1 Å². The molecule has 1 aromatic rings. The Kier molecular flexibility index (Phi) is 2.91. The van der Waals surface area contributed by atoms with Crippen molar-refractivity contribution in [3.05, 3.63) is 17.5 Å². The second kappa shape index (κ2) is 3.89. The van der Waals surface area contributed by atoms with Crippen LogP contribution in [0.3, 0.4) is 0 Å². The topological polar surface area (TPSA) is 46.3 Å². The molecule has 0 aliphatic heterocycles. The van der Waals surface area contributed by atoms with Crippen LogP contribution in [0, 0.1) is 12.3 Å². The molecule has 0 saturated heterocycles. The molecule has 1 aliphatic carbocycles. The van der Waals surface area contributed by atoms with Crippen molar-refractivity contribution in [2.45, 2.75) is 31.1 Å². The van der Waals surface area contributed by atoms with Gasteiger partial charge in [0.1, 0.15) is 15.8 Å². The average Bonchev–Trinajstić information content (AvgIpc) is 2.58. The van der Waals surface area contributed by atoms with Crippen molar-refractivity contribution in [3.8, 4) is 0 Å². The summed E-state index contributed by atoms with van der Waals surface area (Å²) in [4.78, 5) is 13.7. The van der Waals surface area contributed by atoms with Gasteiger partial charge >= 0.3 is 0 Å². The third kappa shape index (κ3) is 2.16. The molecule has 6 heteroatoms. The monoisotopic (exact) mass is 276 g/mol. The third-order valence-electron chi connectivity index (χ3n) is 3.15. The Morgan fingerprint density at radius 1 is 1.65 bits per heavy atom. The van der Waals surface area contributed by atoms with Gasteiger partial charge in [-0.2, -0.15) is 0 Å². The van der Waals surface area contributed by atoms with Gasteiger partial charge in [0.15, 0.2) is 0 Å². The van der Waals surface area contributed by atoms with Crippen LogP contribution in [-0.4, -0.2) is 27.3 Å². The van der Waals surface area contributed by atoms with Crippen molar-refractivity contribution in [1.82, 2.24) is 10.1 Å². The number of hydrogen-bond acceptors (Lipinski definition) is 3. The van der Waals surface area contributed by atoms with Crippen molar-refractivity contribution in [3.63, 3.8) is 0 Å². The van der Waals surface area contributed by atoms with E-state index in [-0.39, 0.29) is 5.91 Å². The van der Waals surface area contributed by atoms with E-state index in [9.17, 15) is 4.79 Å². The molecule has 1 unspecified atom stereocenters. The van der Waals surface area contributed by atoms with Crippen molar-refractivity contribution in [2.24, 2.45) is 5.41 Å². The maximum atomic E-state index is 12.2. The minimum Gasteiger partial charge on any atom is -0.361 e. The Balaban J connectivity index is 2.02. The van der Waals surface area contributed by atoms with Crippen molar-refractivity contribution < 1.29 is 9.32 Å². The molecule has 0 radical (unpaired) electrons. The molecule has 0 aromatic carbocycles. The fourth-order valence-corrected chi connectivity index (χ4v) is 2.56. The van der Waals surface area contributed by atoms with Crippen molar-refractivity contribution in [2.75, 3.05) is 7.05 Å². The van der Waals surface area contributed by atoms with Crippen LogP contribution in [0.25, 0.3) is 0 Å². The zero-order valence-corrected chi connectivity index (χ0v) is 11.5. The number of aryl methyl sites for hydroxylation is 1. The number of carbonyl (C=O) groups excluding carboxylic acids is 1. The molecule has 1 aromatic heterocycles. The maximum absolute atomic E-state index is 12.2. The minimum absolute atomic E-state index is 0.0665. The standard InChI is InChI=1S/C11H14Cl2N2O2/c1-7-4-8(14-17-7)5-15(3)9(16)10(2)6-11(10,12)13/h4H,5-6H2,1-3H3. The molecule has 94 valence electrons. The summed E-state index contributed by atoms with van der Waals surface area (Å²) in [7, 11) is 1.71. The molecule has 1 aliphatic rings. The highest BCUT2D eigenvalue weighted by Gasteiger charge is 2.68. The lowest BCUT2D eigenvalue weighted by Gasteiger charge is -2.21. The molecule has 17 heavy (non-hydrogen) atoms. The second-order valence-electron chi connectivity index (χ2n) is 4.80. The summed E-state index contributed by atoms with van der Waals surface area (Å²) in [6, 6.07) is 1.80. The van der Waals surface area contributed by atoms with E-state index in [1.807, 2.05) is 6.92 Å². The number of nitrogens with zero attached hydrogens (tertiary/aromatic N) is 2. The lowest BCUT2D eigenvalue weighted by atomic mass is 10.1. The zero-order chi connectivity index (χ0) is 12.8. The first-order chi connectivity index (χ1) is 7.76. The molecular weight excluding hydrogens is 263 g/mol. The maximum Gasteiger partial charge on any atom is 0.231 e. The van der Waals surface area contributed by atoms with Crippen LogP contribution < -0.4 is 0 Å². The fourth-order valence-electron chi connectivity index (χ4n) is 1.86. The van der Waals surface area contributed by atoms with E-state index in [4.69, 9.17) is 27.7 Å². The predicted octanol–water partition coefficient (Wildman–Crippen LogP) is 2.53. The van der Waals surface area contributed by atoms with Gasteiger partial charge in [-0.1, -0.05) is 5.16 Å². The van der Waals surface area contributed by atoms with Gasteiger partial charge in [0.05, 0.1) is 12.0 Å². The van der Waals surface area contributed by atoms with Gasteiger partial charge in [0.2, 0.25) is 5.91 Å². The summed E-state index contributed by atoms with van der Waals surface area (Å²) in [5, 5.41) is 3.84. The Labute approximate surface area is 110 Å². The predicted molar refractivity (Wildman–Crippen MR) is 64.9 cm³/mol. The molecule has 4 nitrogen and oxygen atoms in total. The number of alkyl halides is 2. The molecule has 0 N–H and O–H groups in total. The van der Waals surface area contributed by atoms with Crippen LogP contribution >= 0.6 is 23.2 Å². The average molecular weight is 277 g/mol. The van der Waals surface area contributed by atoms with E-state index in [0.29, 0.717) is 13.0 Å². The Morgan fingerprint density at radius 2 is 2.24 bits per heavy atom. The molecule has 1 heterocycles. The van der Waals surface area contributed by atoms with Crippen LogP contribution in [0.5, 0.6) is 0 Å². The van der Waals surface area contributed by atoms with Gasteiger partial charge in [-0.15, -0.1) is 23.2 Å². The quantitative estimate of drug-likeness (QED) is 0.797. The van der Waals surface area contributed by atoms with E-state index < -0.39 is 9.75 Å². The van der Waals surface area contributed by atoms with E-state index in [1.54, 1.807) is 24.9 Å². The van der Waals surface area contributed by atoms with Gasteiger partial charge in [-0.25, -0.2) is 0 Å². The minimum atomic E-state index is -0.932. The SMILES string of the molecule is Cc1cc(CN(C)C(=O)C2(C)CC2(Cl)Cl)no1. The summed E-state index contributed by atoms with van der Waals surface area (Å²) in [6.45, 7) is 3.98. The number of carbonyl (C=O) groups is 1. The van der Waals surface area contributed by atoms with E-state index >= 15 is 0 Å². The molecule has 1 amide bonds. The second-order valence-corrected chi connectivity index (χ2v) is 6.29. The largest absolute Gasteiger partial charge is 0.361 e. The molecule has 1 atom stereocenters. The lowest BCUT2D eigenvalue weighted by Crippen LogP contribution is -2.34. The van der Waals surface area contributed by atoms with Crippen LogP contribution in [0.1, 0.15) is 24.8 Å². The summed E-state index contributed by atoms with van der Waals surface area (Å²) in [6.07, 6.45) is 0.490. The first-order valence-corrected chi connectivity index (χ1v) is 6.07. The van der Waals surface area contributed by atoms with Gasteiger partial charge in [-0.3, -0.25) is 4.79 Å². The third-order valence-corrected chi connectivity index (χ3v) is 4.25. The molecular formula is C11H14Cl2N2O2. The van der Waals surface area contributed by atoms with Gasteiger partial charge in [0, 0.05) is 13.1 Å². The zero-order valence-electron chi connectivity index (χ0n) is 9.96. The fraction of sp³-hybridized carbons (Fsp3) is 0.636.